The Labute approximate surface area is 129 Å². The van der Waals surface area contributed by atoms with Crippen LogP contribution >= 0.6 is 23.2 Å². The van der Waals surface area contributed by atoms with Gasteiger partial charge in [-0.25, -0.2) is 9.19 Å². The SMILES string of the molecule is CC(C)c1[nH]c(CO)nc1S(=O)c1cc(Cl)cc(Cl)c1. The Balaban J connectivity index is 2.49. The van der Waals surface area contributed by atoms with Crippen LogP contribution in [0.2, 0.25) is 10.0 Å². The lowest BCUT2D eigenvalue weighted by Crippen LogP contribution is -2.00. The number of halogens is 2. The summed E-state index contributed by atoms with van der Waals surface area (Å²) in [7, 11) is -1.50. The number of nitrogens with one attached hydrogen (secondary N) is 1. The zero-order chi connectivity index (χ0) is 14.9. The van der Waals surface area contributed by atoms with Gasteiger partial charge in [0.2, 0.25) is 0 Å². The number of aromatic amines is 1. The molecule has 1 heterocycles. The van der Waals surface area contributed by atoms with Crippen LogP contribution in [-0.2, 0) is 17.4 Å². The number of H-pyrrole nitrogens is 1. The minimum Gasteiger partial charge on any atom is -0.388 e. The van der Waals surface area contributed by atoms with Crippen molar-refractivity contribution in [1.29, 1.82) is 0 Å². The highest BCUT2D eigenvalue weighted by Crippen LogP contribution is 2.27. The highest BCUT2D eigenvalue weighted by atomic mass is 35.5. The van der Waals surface area contributed by atoms with E-state index in [1.807, 2.05) is 13.8 Å². The van der Waals surface area contributed by atoms with Gasteiger partial charge in [-0.05, 0) is 24.1 Å². The number of hydrogen-bond acceptors (Lipinski definition) is 3. The quantitative estimate of drug-likeness (QED) is 0.900. The van der Waals surface area contributed by atoms with Gasteiger partial charge >= 0.3 is 0 Å². The molecular weight excluding hydrogens is 319 g/mol. The van der Waals surface area contributed by atoms with Crippen molar-refractivity contribution in [1.82, 2.24) is 9.97 Å². The van der Waals surface area contributed by atoms with E-state index >= 15 is 0 Å². The molecule has 0 spiro atoms. The fraction of sp³-hybridized carbons (Fsp3) is 0.308. The average Bonchev–Trinajstić information content (AvgIpc) is 2.81. The number of aliphatic hydroxyl groups is 1. The summed E-state index contributed by atoms with van der Waals surface area (Å²) in [5, 5.41) is 10.4. The first-order valence-electron chi connectivity index (χ1n) is 6.00. The topological polar surface area (TPSA) is 66.0 Å². The molecule has 4 nitrogen and oxygen atoms in total. The normalized spacial score (nSPS) is 12.9. The molecule has 1 unspecified atom stereocenters. The molecule has 20 heavy (non-hydrogen) atoms. The van der Waals surface area contributed by atoms with Gasteiger partial charge in [0, 0.05) is 14.9 Å². The molecule has 2 aromatic rings. The van der Waals surface area contributed by atoms with Gasteiger partial charge in [0.15, 0.2) is 5.03 Å². The van der Waals surface area contributed by atoms with Crippen LogP contribution in [0.1, 0.15) is 31.3 Å². The number of rotatable bonds is 4. The highest BCUT2D eigenvalue weighted by Gasteiger charge is 2.20. The molecule has 2 rings (SSSR count). The molecular formula is C13H14Cl2N2O2S. The Morgan fingerprint density at radius 1 is 1.30 bits per heavy atom. The smallest absolute Gasteiger partial charge is 0.153 e. The summed E-state index contributed by atoms with van der Waals surface area (Å²) in [4.78, 5) is 7.67. The standard InChI is InChI=1S/C13H14Cl2N2O2S/c1-7(2)12-13(17-11(6-18)16-12)20(19)10-4-8(14)3-9(15)5-10/h3-5,7,18H,6H2,1-2H3,(H,16,17). The molecule has 0 aliphatic heterocycles. The van der Waals surface area contributed by atoms with Gasteiger partial charge in [0.1, 0.15) is 23.2 Å². The molecule has 0 bridgehead atoms. The molecule has 2 N–H and O–H groups in total. The van der Waals surface area contributed by atoms with Crippen LogP contribution in [0.25, 0.3) is 0 Å². The van der Waals surface area contributed by atoms with Crippen LogP contribution in [0.5, 0.6) is 0 Å². The summed E-state index contributed by atoms with van der Waals surface area (Å²) >= 11 is 11.9. The Morgan fingerprint density at radius 3 is 2.40 bits per heavy atom. The van der Waals surface area contributed by atoms with E-state index in [4.69, 9.17) is 28.3 Å². The monoisotopic (exact) mass is 332 g/mol. The largest absolute Gasteiger partial charge is 0.388 e. The molecule has 0 fully saturated rings. The second kappa shape index (κ2) is 6.26. The number of aliphatic hydroxyl groups excluding tert-OH is 1. The first-order valence-corrected chi connectivity index (χ1v) is 7.90. The number of hydrogen-bond donors (Lipinski definition) is 2. The Kier molecular flexibility index (Phi) is 4.86. The van der Waals surface area contributed by atoms with E-state index in [1.165, 1.54) is 0 Å². The lowest BCUT2D eigenvalue weighted by molar-refractivity contribution is 0.272. The van der Waals surface area contributed by atoms with Crippen molar-refractivity contribution < 1.29 is 9.32 Å². The molecule has 1 atom stereocenters. The molecule has 1 aromatic heterocycles. The lowest BCUT2D eigenvalue weighted by Gasteiger charge is -2.06. The Bertz CT molecular complexity index is 636. The van der Waals surface area contributed by atoms with Gasteiger partial charge in [-0.1, -0.05) is 37.0 Å². The van der Waals surface area contributed by atoms with E-state index in [2.05, 4.69) is 9.97 Å². The van der Waals surface area contributed by atoms with Gasteiger partial charge in [-0.15, -0.1) is 0 Å². The maximum absolute atomic E-state index is 12.6. The molecule has 0 radical (unpaired) electrons. The molecule has 0 saturated carbocycles. The second-order valence-electron chi connectivity index (χ2n) is 4.59. The Morgan fingerprint density at radius 2 is 1.90 bits per heavy atom. The van der Waals surface area contributed by atoms with E-state index in [-0.39, 0.29) is 12.5 Å². The first-order chi connectivity index (χ1) is 9.42. The van der Waals surface area contributed by atoms with E-state index < -0.39 is 10.8 Å². The molecule has 1 aromatic carbocycles. The van der Waals surface area contributed by atoms with Crippen molar-refractivity contribution >= 4 is 34.0 Å². The maximum Gasteiger partial charge on any atom is 0.153 e. The van der Waals surface area contributed by atoms with Crippen molar-refractivity contribution in [2.75, 3.05) is 0 Å². The molecule has 7 heteroatoms. The third-order valence-corrected chi connectivity index (χ3v) is 4.46. The predicted octanol–water partition coefficient (Wildman–Crippen LogP) is 3.50. The second-order valence-corrected chi connectivity index (χ2v) is 6.86. The van der Waals surface area contributed by atoms with Crippen molar-refractivity contribution in [3.8, 4) is 0 Å². The molecule has 0 saturated heterocycles. The van der Waals surface area contributed by atoms with Crippen molar-refractivity contribution in [2.45, 2.75) is 36.3 Å². The van der Waals surface area contributed by atoms with Crippen LogP contribution < -0.4 is 0 Å². The third-order valence-electron chi connectivity index (χ3n) is 2.70. The van der Waals surface area contributed by atoms with Crippen LogP contribution in [-0.4, -0.2) is 19.3 Å². The van der Waals surface area contributed by atoms with Crippen molar-refractivity contribution in [3.05, 3.63) is 39.8 Å². The first kappa shape index (κ1) is 15.5. The number of nitrogens with zero attached hydrogens (tertiary/aromatic N) is 1. The van der Waals surface area contributed by atoms with Crippen molar-refractivity contribution in [2.24, 2.45) is 0 Å². The van der Waals surface area contributed by atoms with Gasteiger partial charge in [0.05, 0.1) is 5.69 Å². The summed E-state index contributed by atoms with van der Waals surface area (Å²) in [6, 6.07) is 4.78. The lowest BCUT2D eigenvalue weighted by atomic mass is 10.2. The average molecular weight is 333 g/mol. The zero-order valence-electron chi connectivity index (χ0n) is 11.0. The molecule has 0 aliphatic carbocycles. The van der Waals surface area contributed by atoms with E-state index in [0.717, 1.165) is 5.69 Å². The fourth-order valence-electron chi connectivity index (χ4n) is 1.77. The van der Waals surface area contributed by atoms with Gasteiger partial charge in [-0.3, -0.25) is 0 Å². The minimum atomic E-state index is -1.50. The number of imidazole rings is 1. The fourth-order valence-corrected chi connectivity index (χ4v) is 3.80. The molecule has 0 amide bonds. The maximum atomic E-state index is 12.6. The van der Waals surface area contributed by atoms with Crippen LogP contribution in [0.3, 0.4) is 0 Å². The Hall–Kier alpha value is -0.880. The number of benzene rings is 1. The van der Waals surface area contributed by atoms with Crippen LogP contribution in [0, 0.1) is 0 Å². The van der Waals surface area contributed by atoms with Gasteiger partial charge in [0.25, 0.3) is 0 Å². The summed E-state index contributed by atoms with van der Waals surface area (Å²) in [5.41, 5.74) is 0.739. The summed E-state index contributed by atoms with van der Waals surface area (Å²) in [6.45, 7) is 3.69. The third kappa shape index (κ3) is 3.23. The molecule has 0 aliphatic rings. The van der Waals surface area contributed by atoms with Gasteiger partial charge in [-0.2, -0.15) is 0 Å². The summed E-state index contributed by atoms with van der Waals surface area (Å²) in [5.74, 6) is 0.501. The van der Waals surface area contributed by atoms with Crippen LogP contribution in [0.15, 0.2) is 28.1 Å². The minimum absolute atomic E-state index is 0.108. The van der Waals surface area contributed by atoms with E-state index in [9.17, 15) is 4.21 Å². The zero-order valence-corrected chi connectivity index (χ0v) is 13.3. The predicted molar refractivity (Wildman–Crippen MR) is 79.7 cm³/mol. The van der Waals surface area contributed by atoms with Crippen LogP contribution in [0.4, 0.5) is 0 Å². The van der Waals surface area contributed by atoms with E-state index in [0.29, 0.717) is 25.8 Å². The summed E-state index contributed by atoms with van der Waals surface area (Å²) < 4.78 is 12.6. The van der Waals surface area contributed by atoms with E-state index in [1.54, 1.807) is 18.2 Å². The number of aromatic nitrogens is 2. The summed E-state index contributed by atoms with van der Waals surface area (Å²) in [6.07, 6.45) is 0. The van der Waals surface area contributed by atoms with Crippen molar-refractivity contribution in [3.63, 3.8) is 0 Å². The van der Waals surface area contributed by atoms with Gasteiger partial charge < -0.3 is 10.1 Å². The molecule has 108 valence electrons. The highest BCUT2D eigenvalue weighted by molar-refractivity contribution is 7.85.